The Morgan fingerprint density at radius 2 is 2.14 bits per heavy atom. The Hall–Kier alpha value is -1.81. The maximum atomic E-state index is 5.38. The number of aromatic nitrogens is 1. The average Bonchev–Trinajstić information content (AvgIpc) is 3.01. The first kappa shape index (κ1) is 12.9. The second-order valence-electron chi connectivity index (χ2n) is 6.00. The van der Waals surface area contributed by atoms with Crippen molar-refractivity contribution in [3.05, 3.63) is 30.5 Å². The molecule has 1 aromatic carbocycles. The quantitative estimate of drug-likeness (QED) is 0.847. The van der Waals surface area contributed by atoms with Crippen LogP contribution in [0.2, 0.25) is 0 Å². The SMILES string of the molecule is COc1ccc2ccnc(N3CCN4CCC[C@H]4C3)c2c1. The molecule has 0 unspecified atom stereocenters. The van der Waals surface area contributed by atoms with E-state index < -0.39 is 0 Å². The van der Waals surface area contributed by atoms with Gasteiger partial charge in [0.15, 0.2) is 0 Å². The first-order chi connectivity index (χ1) is 10.3. The van der Waals surface area contributed by atoms with Crippen LogP contribution in [0.3, 0.4) is 0 Å². The van der Waals surface area contributed by atoms with E-state index in [1.54, 1.807) is 7.11 Å². The zero-order valence-electron chi connectivity index (χ0n) is 12.5. The molecule has 4 nitrogen and oxygen atoms in total. The van der Waals surface area contributed by atoms with Crippen LogP contribution < -0.4 is 9.64 Å². The van der Waals surface area contributed by atoms with E-state index in [0.717, 1.165) is 31.2 Å². The smallest absolute Gasteiger partial charge is 0.136 e. The molecule has 3 heterocycles. The Morgan fingerprint density at radius 1 is 1.19 bits per heavy atom. The number of fused-ring (bicyclic) bond motifs is 2. The van der Waals surface area contributed by atoms with E-state index in [4.69, 9.17) is 4.74 Å². The van der Waals surface area contributed by atoms with E-state index in [9.17, 15) is 0 Å². The van der Waals surface area contributed by atoms with Gasteiger partial charge < -0.3 is 9.64 Å². The molecule has 4 rings (SSSR count). The Morgan fingerprint density at radius 3 is 3.05 bits per heavy atom. The number of ether oxygens (including phenoxy) is 1. The normalized spacial score (nSPS) is 22.5. The van der Waals surface area contributed by atoms with Gasteiger partial charge in [0.2, 0.25) is 0 Å². The summed E-state index contributed by atoms with van der Waals surface area (Å²) in [7, 11) is 1.72. The lowest BCUT2D eigenvalue weighted by molar-refractivity contribution is 0.230. The van der Waals surface area contributed by atoms with E-state index in [-0.39, 0.29) is 0 Å². The summed E-state index contributed by atoms with van der Waals surface area (Å²) in [5.74, 6) is 2.01. The number of hydrogen-bond acceptors (Lipinski definition) is 4. The van der Waals surface area contributed by atoms with Gasteiger partial charge in [-0.05, 0) is 43.0 Å². The van der Waals surface area contributed by atoms with Crippen molar-refractivity contribution in [3.8, 4) is 5.75 Å². The fourth-order valence-electron chi connectivity index (χ4n) is 3.69. The maximum absolute atomic E-state index is 5.38. The van der Waals surface area contributed by atoms with Crippen molar-refractivity contribution < 1.29 is 4.74 Å². The van der Waals surface area contributed by atoms with Crippen molar-refractivity contribution in [2.24, 2.45) is 0 Å². The summed E-state index contributed by atoms with van der Waals surface area (Å²) in [6.07, 6.45) is 4.59. The number of hydrogen-bond donors (Lipinski definition) is 0. The molecule has 4 heteroatoms. The fourth-order valence-corrected chi connectivity index (χ4v) is 3.69. The van der Waals surface area contributed by atoms with Gasteiger partial charge in [-0.25, -0.2) is 4.98 Å². The van der Waals surface area contributed by atoms with Crippen molar-refractivity contribution in [2.45, 2.75) is 18.9 Å². The molecule has 0 spiro atoms. The number of rotatable bonds is 2. The van der Waals surface area contributed by atoms with Gasteiger partial charge in [-0.3, -0.25) is 4.90 Å². The minimum absolute atomic E-state index is 0.710. The summed E-state index contributed by atoms with van der Waals surface area (Å²) >= 11 is 0. The summed E-state index contributed by atoms with van der Waals surface area (Å²) in [5, 5.41) is 2.43. The average molecular weight is 283 g/mol. The van der Waals surface area contributed by atoms with E-state index in [0.29, 0.717) is 6.04 Å². The van der Waals surface area contributed by atoms with Crippen LogP contribution in [-0.4, -0.2) is 49.2 Å². The molecule has 2 saturated heterocycles. The Kier molecular flexibility index (Phi) is 3.19. The van der Waals surface area contributed by atoms with Gasteiger partial charge in [-0.1, -0.05) is 6.07 Å². The van der Waals surface area contributed by atoms with Crippen LogP contribution in [0, 0.1) is 0 Å². The largest absolute Gasteiger partial charge is 0.497 e. The van der Waals surface area contributed by atoms with Gasteiger partial charge in [-0.15, -0.1) is 0 Å². The standard InChI is InChI=1S/C17H21N3O/c1-21-15-5-4-13-6-7-18-17(16(13)11-15)20-10-9-19-8-2-3-14(19)12-20/h4-7,11,14H,2-3,8-10,12H2,1H3/t14-/m0/s1. The molecule has 0 bridgehead atoms. The summed E-state index contributed by atoms with van der Waals surface area (Å²) in [5.41, 5.74) is 0. The summed E-state index contributed by atoms with van der Waals surface area (Å²) in [4.78, 5) is 9.75. The number of nitrogens with zero attached hydrogens (tertiary/aromatic N) is 3. The number of piperazine rings is 1. The molecular formula is C17H21N3O. The molecule has 2 aromatic rings. The summed E-state index contributed by atoms with van der Waals surface area (Å²) < 4.78 is 5.38. The second kappa shape index (κ2) is 5.19. The number of methoxy groups -OCH3 is 1. The summed E-state index contributed by atoms with van der Waals surface area (Å²) in [6, 6.07) is 9.02. The second-order valence-corrected chi connectivity index (χ2v) is 6.00. The molecule has 0 radical (unpaired) electrons. The highest BCUT2D eigenvalue weighted by atomic mass is 16.5. The van der Waals surface area contributed by atoms with Crippen molar-refractivity contribution in [2.75, 3.05) is 38.2 Å². The first-order valence-corrected chi connectivity index (χ1v) is 7.77. The minimum atomic E-state index is 0.710. The zero-order valence-corrected chi connectivity index (χ0v) is 12.5. The third-order valence-corrected chi connectivity index (χ3v) is 4.84. The molecule has 21 heavy (non-hydrogen) atoms. The van der Waals surface area contributed by atoms with Crippen LogP contribution in [0.5, 0.6) is 5.75 Å². The van der Waals surface area contributed by atoms with E-state index >= 15 is 0 Å². The monoisotopic (exact) mass is 283 g/mol. The third kappa shape index (κ3) is 2.23. The molecule has 0 saturated carbocycles. The molecule has 0 aliphatic carbocycles. The Bertz CT molecular complexity index is 658. The van der Waals surface area contributed by atoms with E-state index in [1.165, 1.54) is 30.2 Å². The lowest BCUT2D eigenvalue weighted by Crippen LogP contribution is -2.50. The van der Waals surface area contributed by atoms with Crippen LogP contribution in [0.15, 0.2) is 30.5 Å². The van der Waals surface area contributed by atoms with Crippen molar-refractivity contribution in [1.82, 2.24) is 9.88 Å². The van der Waals surface area contributed by atoms with Gasteiger partial charge >= 0.3 is 0 Å². The van der Waals surface area contributed by atoms with Crippen LogP contribution in [0.1, 0.15) is 12.8 Å². The Labute approximate surface area is 125 Å². The molecule has 2 aliphatic rings. The predicted molar refractivity (Wildman–Crippen MR) is 85.1 cm³/mol. The van der Waals surface area contributed by atoms with Crippen LogP contribution in [-0.2, 0) is 0 Å². The third-order valence-electron chi connectivity index (χ3n) is 4.84. The molecule has 0 N–H and O–H groups in total. The number of anilines is 1. The van der Waals surface area contributed by atoms with Gasteiger partial charge in [0, 0.05) is 37.3 Å². The number of pyridine rings is 1. The summed E-state index contributed by atoms with van der Waals surface area (Å²) in [6.45, 7) is 4.60. The number of benzene rings is 1. The van der Waals surface area contributed by atoms with Gasteiger partial charge in [0.1, 0.15) is 11.6 Å². The molecule has 2 fully saturated rings. The Balaban J connectivity index is 1.72. The van der Waals surface area contributed by atoms with Crippen LogP contribution in [0.4, 0.5) is 5.82 Å². The highest BCUT2D eigenvalue weighted by Gasteiger charge is 2.31. The first-order valence-electron chi connectivity index (χ1n) is 7.77. The van der Waals surface area contributed by atoms with Gasteiger partial charge in [0.25, 0.3) is 0 Å². The van der Waals surface area contributed by atoms with Crippen LogP contribution >= 0.6 is 0 Å². The highest BCUT2D eigenvalue weighted by Crippen LogP contribution is 2.31. The lowest BCUT2D eigenvalue weighted by atomic mass is 10.1. The lowest BCUT2D eigenvalue weighted by Gasteiger charge is -2.38. The zero-order chi connectivity index (χ0) is 14.2. The van der Waals surface area contributed by atoms with Crippen molar-refractivity contribution >= 4 is 16.6 Å². The van der Waals surface area contributed by atoms with Crippen molar-refractivity contribution in [1.29, 1.82) is 0 Å². The molecule has 1 atom stereocenters. The highest BCUT2D eigenvalue weighted by molar-refractivity contribution is 5.93. The topological polar surface area (TPSA) is 28.6 Å². The molecule has 1 aromatic heterocycles. The van der Waals surface area contributed by atoms with E-state index in [1.807, 2.05) is 12.3 Å². The predicted octanol–water partition coefficient (Wildman–Crippen LogP) is 2.53. The van der Waals surface area contributed by atoms with Gasteiger partial charge in [-0.2, -0.15) is 0 Å². The molecular weight excluding hydrogens is 262 g/mol. The molecule has 2 aliphatic heterocycles. The van der Waals surface area contributed by atoms with Crippen molar-refractivity contribution in [3.63, 3.8) is 0 Å². The minimum Gasteiger partial charge on any atom is -0.497 e. The van der Waals surface area contributed by atoms with Gasteiger partial charge in [0.05, 0.1) is 7.11 Å². The van der Waals surface area contributed by atoms with E-state index in [2.05, 4.69) is 33.0 Å². The van der Waals surface area contributed by atoms with Crippen LogP contribution in [0.25, 0.3) is 10.8 Å². The molecule has 0 amide bonds. The maximum Gasteiger partial charge on any atom is 0.136 e. The fraction of sp³-hybridized carbons (Fsp3) is 0.471. The molecule has 110 valence electrons.